The molecule has 1 N–H and O–H groups in total. The molecule has 1 unspecified atom stereocenters. The molecule has 98 valence electrons. The third-order valence-corrected chi connectivity index (χ3v) is 3.29. The zero-order valence-electron chi connectivity index (χ0n) is 10.4. The summed E-state index contributed by atoms with van der Waals surface area (Å²) >= 11 is 0. The number of rotatable bonds is 4. The maximum atomic E-state index is 11.8. The lowest BCUT2D eigenvalue weighted by molar-refractivity contribution is -0.149. The van der Waals surface area contributed by atoms with Gasteiger partial charge in [-0.25, -0.2) is 0 Å². The van der Waals surface area contributed by atoms with Crippen LogP contribution in [0.4, 0.5) is 0 Å². The second kappa shape index (κ2) is 5.25. The molecule has 5 nitrogen and oxygen atoms in total. The van der Waals surface area contributed by atoms with Crippen LogP contribution in [0.2, 0.25) is 0 Å². The summed E-state index contributed by atoms with van der Waals surface area (Å²) in [6, 6.07) is 3.80. The molecule has 0 saturated carbocycles. The van der Waals surface area contributed by atoms with Crippen molar-refractivity contribution in [3.63, 3.8) is 0 Å². The van der Waals surface area contributed by atoms with Crippen LogP contribution in [0.1, 0.15) is 24.4 Å². The van der Waals surface area contributed by atoms with E-state index in [-0.39, 0.29) is 12.3 Å². The number of carboxylic acid groups (broad SMARTS) is 1. The van der Waals surface area contributed by atoms with Crippen molar-refractivity contribution in [2.24, 2.45) is 5.92 Å². The quantitative estimate of drug-likeness (QED) is 0.879. The maximum absolute atomic E-state index is 11.8. The van der Waals surface area contributed by atoms with E-state index in [2.05, 4.69) is 0 Å². The Morgan fingerprint density at radius 3 is 2.89 bits per heavy atom. The van der Waals surface area contributed by atoms with Crippen LogP contribution in [0, 0.1) is 12.8 Å². The minimum absolute atomic E-state index is 0.0723. The second-order valence-corrected chi connectivity index (χ2v) is 4.67. The molecule has 2 rings (SSSR count). The highest BCUT2D eigenvalue weighted by Gasteiger charge is 2.29. The molecule has 1 amide bonds. The number of aryl methyl sites for hydroxylation is 1. The van der Waals surface area contributed by atoms with E-state index in [1.165, 1.54) is 0 Å². The number of amides is 1. The number of carbonyl (C=O) groups excluding carboxylic acids is 1. The minimum Gasteiger partial charge on any atom is -0.481 e. The third kappa shape index (κ3) is 2.91. The lowest BCUT2D eigenvalue weighted by Crippen LogP contribution is -2.41. The van der Waals surface area contributed by atoms with Crippen LogP contribution in [0.25, 0.3) is 0 Å². The van der Waals surface area contributed by atoms with Gasteiger partial charge < -0.3 is 14.4 Å². The molecule has 0 aliphatic carbocycles. The number of carbonyl (C=O) groups is 2. The van der Waals surface area contributed by atoms with Gasteiger partial charge in [-0.15, -0.1) is 0 Å². The Bertz CT molecular complexity index is 452. The lowest BCUT2D eigenvalue weighted by Gasteiger charge is -2.29. The summed E-state index contributed by atoms with van der Waals surface area (Å²) in [7, 11) is 0. The van der Waals surface area contributed by atoms with Gasteiger partial charge in [-0.2, -0.15) is 0 Å². The first-order valence-electron chi connectivity index (χ1n) is 6.12. The first-order chi connectivity index (χ1) is 8.56. The van der Waals surface area contributed by atoms with Gasteiger partial charge in [0.25, 0.3) is 0 Å². The molecule has 1 fully saturated rings. The zero-order chi connectivity index (χ0) is 13.1. The standard InChI is InChI=1S/C13H17NO4/c1-9-2-3-11(18-9)5-7-14-6-4-10(13(16)17)8-12(14)15/h2-3,10H,4-8H2,1H3,(H,16,17). The van der Waals surface area contributed by atoms with Crippen LogP contribution in [0.5, 0.6) is 0 Å². The van der Waals surface area contributed by atoms with Crippen LogP contribution in [0.15, 0.2) is 16.5 Å². The predicted octanol–water partition coefficient (Wildman–Crippen LogP) is 1.45. The van der Waals surface area contributed by atoms with Crippen LogP contribution in [-0.2, 0) is 16.0 Å². The molecule has 0 aromatic carbocycles. The van der Waals surface area contributed by atoms with Crippen LogP contribution < -0.4 is 0 Å². The van der Waals surface area contributed by atoms with Crippen LogP contribution in [-0.4, -0.2) is 35.0 Å². The van der Waals surface area contributed by atoms with E-state index in [1.54, 1.807) is 4.90 Å². The molecule has 0 bridgehead atoms. The van der Waals surface area contributed by atoms with E-state index >= 15 is 0 Å². The van der Waals surface area contributed by atoms with Crippen LogP contribution >= 0.6 is 0 Å². The molecular weight excluding hydrogens is 234 g/mol. The van der Waals surface area contributed by atoms with Crippen molar-refractivity contribution in [2.45, 2.75) is 26.2 Å². The summed E-state index contributed by atoms with van der Waals surface area (Å²) in [5, 5.41) is 8.87. The van der Waals surface area contributed by atoms with E-state index in [0.29, 0.717) is 25.9 Å². The monoisotopic (exact) mass is 251 g/mol. The first-order valence-corrected chi connectivity index (χ1v) is 6.12. The first kappa shape index (κ1) is 12.7. The smallest absolute Gasteiger partial charge is 0.307 e. The number of aliphatic carboxylic acids is 1. The molecular formula is C13H17NO4. The Labute approximate surface area is 105 Å². The molecule has 1 aromatic rings. The summed E-state index contributed by atoms with van der Waals surface area (Å²) in [5.74, 6) is 0.266. The number of piperidine rings is 1. The van der Waals surface area contributed by atoms with Gasteiger partial charge in [0.1, 0.15) is 11.5 Å². The molecule has 1 aliphatic rings. The Morgan fingerprint density at radius 1 is 1.56 bits per heavy atom. The van der Waals surface area contributed by atoms with Gasteiger partial charge in [0.2, 0.25) is 5.91 Å². The summed E-state index contributed by atoms with van der Waals surface area (Å²) in [5.41, 5.74) is 0. The Hall–Kier alpha value is -1.78. The van der Waals surface area contributed by atoms with Gasteiger partial charge >= 0.3 is 5.97 Å². The zero-order valence-corrected chi connectivity index (χ0v) is 10.4. The number of hydrogen-bond donors (Lipinski definition) is 1. The molecule has 1 aliphatic heterocycles. The Balaban J connectivity index is 1.84. The highest BCUT2D eigenvalue weighted by atomic mass is 16.4. The number of likely N-dealkylation sites (tertiary alicyclic amines) is 1. The van der Waals surface area contributed by atoms with Crippen molar-refractivity contribution in [1.82, 2.24) is 4.90 Å². The summed E-state index contributed by atoms with van der Waals surface area (Å²) < 4.78 is 5.44. The molecule has 0 spiro atoms. The van der Waals surface area contributed by atoms with E-state index < -0.39 is 11.9 Å². The average Bonchev–Trinajstić information content (AvgIpc) is 2.73. The number of nitrogens with zero attached hydrogens (tertiary/aromatic N) is 1. The number of hydrogen-bond acceptors (Lipinski definition) is 3. The highest BCUT2D eigenvalue weighted by Crippen LogP contribution is 2.19. The van der Waals surface area contributed by atoms with Crippen molar-refractivity contribution < 1.29 is 19.1 Å². The van der Waals surface area contributed by atoms with Crippen molar-refractivity contribution in [2.75, 3.05) is 13.1 Å². The van der Waals surface area contributed by atoms with E-state index in [9.17, 15) is 9.59 Å². The topological polar surface area (TPSA) is 70.8 Å². The minimum atomic E-state index is -0.871. The summed E-state index contributed by atoms with van der Waals surface area (Å²) in [6.07, 6.45) is 1.34. The van der Waals surface area contributed by atoms with Gasteiger partial charge in [-0.1, -0.05) is 0 Å². The van der Waals surface area contributed by atoms with Crippen molar-refractivity contribution >= 4 is 11.9 Å². The second-order valence-electron chi connectivity index (χ2n) is 4.67. The lowest BCUT2D eigenvalue weighted by atomic mass is 9.96. The fourth-order valence-corrected chi connectivity index (χ4v) is 2.19. The van der Waals surface area contributed by atoms with Gasteiger partial charge in [-0.3, -0.25) is 9.59 Å². The maximum Gasteiger partial charge on any atom is 0.307 e. The van der Waals surface area contributed by atoms with E-state index in [4.69, 9.17) is 9.52 Å². The molecule has 1 aromatic heterocycles. The number of carboxylic acids is 1. The Morgan fingerprint density at radius 2 is 2.33 bits per heavy atom. The van der Waals surface area contributed by atoms with Crippen molar-refractivity contribution in [3.8, 4) is 0 Å². The third-order valence-electron chi connectivity index (χ3n) is 3.29. The van der Waals surface area contributed by atoms with E-state index in [1.807, 2.05) is 19.1 Å². The largest absolute Gasteiger partial charge is 0.481 e. The molecule has 2 heterocycles. The van der Waals surface area contributed by atoms with E-state index in [0.717, 1.165) is 11.5 Å². The summed E-state index contributed by atoms with van der Waals surface area (Å²) in [4.78, 5) is 24.3. The predicted molar refractivity (Wildman–Crippen MR) is 64.1 cm³/mol. The van der Waals surface area contributed by atoms with Crippen molar-refractivity contribution in [3.05, 3.63) is 23.7 Å². The van der Waals surface area contributed by atoms with Gasteiger partial charge in [0.05, 0.1) is 5.92 Å². The normalized spacial score (nSPS) is 20.2. The van der Waals surface area contributed by atoms with Gasteiger partial charge in [0, 0.05) is 25.9 Å². The van der Waals surface area contributed by atoms with Gasteiger partial charge in [0.15, 0.2) is 0 Å². The number of furan rings is 1. The SMILES string of the molecule is Cc1ccc(CCN2CCC(C(=O)O)CC2=O)o1. The van der Waals surface area contributed by atoms with Crippen LogP contribution in [0.3, 0.4) is 0 Å². The fraction of sp³-hybridized carbons (Fsp3) is 0.538. The summed E-state index contributed by atoms with van der Waals surface area (Å²) in [6.45, 7) is 3.00. The molecule has 0 radical (unpaired) electrons. The average molecular weight is 251 g/mol. The fourth-order valence-electron chi connectivity index (χ4n) is 2.19. The van der Waals surface area contributed by atoms with Crippen molar-refractivity contribution in [1.29, 1.82) is 0 Å². The Kier molecular flexibility index (Phi) is 3.69. The molecule has 5 heteroatoms. The molecule has 1 saturated heterocycles. The molecule has 18 heavy (non-hydrogen) atoms. The van der Waals surface area contributed by atoms with Gasteiger partial charge in [-0.05, 0) is 25.5 Å². The highest BCUT2D eigenvalue weighted by molar-refractivity contribution is 5.83. The molecule has 1 atom stereocenters.